The van der Waals surface area contributed by atoms with E-state index < -0.39 is 0 Å². The van der Waals surface area contributed by atoms with Crippen molar-refractivity contribution in [2.75, 3.05) is 38.7 Å². The number of halogens is 1. The fourth-order valence-electron chi connectivity index (χ4n) is 2.78. The third-order valence-corrected chi connectivity index (χ3v) is 5.81. The molecule has 0 aliphatic carbocycles. The van der Waals surface area contributed by atoms with Crippen molar-refractivity contribution in [2.45, 2.75) is 5.75 Å². The highest BCUT2D eigenvalue weighted by atomic mass is 35.5. The minimum absolute atomic E-state index is 0.00461. The maximum atomic E-state index is 12.1. The molecular weight excluding hydrogens is 438 g/mol. The van der Waals surface area contributed by atoms with Crippen molar-refractivity contribution in [2.24, 2.45) is 5.10 Å². The molecule has 7 nitrogen and oxygen atoms in total. The van der Waals surface area contributed by atoms with Gasteiger partial charge in [-0.25, -0.2) is 5.43 Å². The van der Waals surface area contributed by atoms with Crippen LogP contribution in [0.25, 0.3) is 0 Å². The number of rotatable bonds is 9. The van der Waals surface area contributed by atoms with Crippen molar-refractivity contribution in [3.05, 3.63) is 64.7 Å². The lowest BCUT2D eigenvalue weighted by Gasteiger charge is -2.26. The number of thioether (sulfide) groups is 1. The number of ether oxygens (including phenoxy) is 2. The van der Waals surface area contributed by atoms with Gasteiger partial charge in [-0.2, -0.15) is 5.10 Å². The smallest absolute Gasteiger partial charge is 0.260 e. The second kappa shape index (κ2) is 12.3. The number of morpholine rings is 1. The summed E-state index contributed by atoms with van der Waals surface area (Å²) in [6.07, 6.45) is 1.55. The van der Waals surface area contributed by atoms with E-state index in [9.17, 15) is 9.59 Å². The Bertz CT molecular complexity index is 902. The monoisotopic (exact) mass is 461 g/mol. The number of hydrogen-bond donors (Lipinski definition) is 1. The number of nitrogens with zero attached hydrogens (tertiary/aromatic N) is 2. The summed E-state index contributed by atoms with van der Waals surface area (Å²) in [6, 6.07) is 14.7. The van der Waals surface area contributed by atoms with Crippen molar-refractivity contribution >= 4 is 41.4 Å². The molecule has 2 aromatic rings. The lowest BCUT2D eigenvalue weighted by Crippen LogP contribution is -2.42. The summed E-state index contributed by atoms with van der Waals surface area (Å²) in [5, 5.41) is 4.67. The van der Waals surface area contributed by atoms with Crippen LogP contribution < -0.4 is 10.2 Å². The average Bonchev–Trinajstić information content (AvgIpc) is 2.80. The predicted octanol–water partition coefficient (Wildman–Crippen LogP) is 2.96. The van der Waals surface area contributed by atoms with Crippen LogP contribution >= 0.6 is 23.4 Å². The average molecular weight is 462 g/mol. The third kappa shape index (κ3) is 7.90. The standard InChI is InChI=1S/C22H24ClN3O4S/c23-20-4-2-1-3-18(20)15-31-16-21(27)25-24-13-17-5-7-19(8-6-17)30-14-22(28)26-9-11-29-12-10-26/h1-8,13H,9-12,14-16H2,(H,25,27)/b24-13+. The number of carbonyl (C=O) groups is 2. The fourth-order valence-corrected chi connectivity index (χ4v) is 3.88. The first-order valence-corrected chi connectivity index (χ1v) is 11.4. The molecule has 0 spiro atoms. The highest BCUT2D eigenvalue weighted by molar-refractivity contribution is 7.99. The summed E-state index contributed by atoms with van der Waals surface area (Å²) in [6.45, 7) is 2.33. The van der Waals surface area contributed by atoms with E-state index in [-0.39, 0.29) is 24.2 Å². The van der Waals surface area contributed by atoms with Crippen LogP contribution in [0.1, 0.15) is 11.1 Å². The molecule has 0 atom stereocenters. The zero-order valence-corrected chi connectivity index (χ0v) is 18.5. The molecule has 0 saturated carbocycles. The molecule has 0 bridgehead atoms. The first-order valence-electron chi connectivity index (χ1n) is 9.83. The predicted molar refractivity (Wildman–Crippen MR) is 123 cm³/mol. The van der Waals surface area contributed by atoms with E-state index in [4.69, 9.17) is 21.1 Å². The number of hydrogen-bond acceptors (Lipinski definition) is 6. The number of carbonyl (C=O) groups excluding carboxylic acids is 2. The van der Waals surface area contributed by atoms with Crippen LogP contribution in [0.5, 0.6) is 5.75 Å². The highest BCUT2D eigenvalue weighted by Crippen LogP contribution is 2.20. The Hall–Kier alpha value is -2.55. The second-order valence-electron chi connectivity index (χ2n) is 6.73. The summed E-state index contributed by atoms with van der Waals surface area (Å²) >= 11 is 7.57. The quantitative estimate of drug-likeness (QED) is 0.458. The van der Waals surface area contributed by atoms with Crippen LogP contribution in [0.2, 0.25) is 5.02 Å². The molecule has 1 heterocycles. The van der Waals surface area contributed by atoms with Gasteiger partial charge in [0.2, 0.25) is 5.91 Å². The maximum Gasteiger partial charge on any atom is 0.260 e. The van der Waals surface area contributed by atoms with Gasteiger partial charge < -0.3 is 14.4 Å². The molecule has 31 heavy (non-hydrogen) atoms. The molecule has 0 radical (unpaired) electrons. The first kappa shape index (κ1) is 23.1. The Morgan fingerprint density at radius 1 is 1.16 bits per heavy atom. The molecule has 1 fully saturated rings. The van der Waals surface area contributed by atoms with Gasteiger partial charge >= 0.3 is 0 Å². The van der Waals surface area contributed by atoms with Crippen molar-refractivity contribution < 1.29 is 19.1 Å². The number of hydrazone groups is 1. The Morgan fingerprint density at radius 2 is 1.90 bits per heavy atom. The lowest BCUT2D eigenvalue weighted by molar-refractivity contribution is -0.137. The molecule has 2 aromatic carbocycles. The molecule has 1 N–H and O–H groups in total. The van der Waals surface area contributed by atoms with E-state index in [0.717, 1.165) is 11.1 Å². The van der Waals surface area contributed by atoms with Crippen LogP contribution in [0.3, 0.4) is 0 Å². The number of amides is 2. The molecule has 3 rings (SSSR count). The summed E-state index contributed by atoms with van der Waals surface area (Å²) in [5.74, 6) is 1.30. The lowest BCUT2D eigenvalue weighted by atomic mass is 10.2. The van der Waals surface area contributed by atoms with Crippen molar-refractivity contribution in [1.29, 1.82) is 0 Å². The minimum atomic E-state index is -0.185. The molecule has 2 amide bonds. The van der Waals surface area contributed by atoms with E-state index in [0.29, 0.717) is 42.8 Å². The van der Waals surface area contributed by atoms with Crippen LogP contribution in [-0.2, 0) is 20.1 Å². The SMILES string of the molecule is O=C(CSCc1ccccc1Cl)N/N=C/c1ccc(OCC(=O)N2CCOCC2)cc1. The second-order valence-corrected chi connectivity index (χ2v) is 8.12. The Morgan fingerprint density at radius 3 is 2.65 bits per heavy atom. The van der Waals surface area contributed by atoms with E-state index in [1.54, 1.807) is 35.4 Å². The van der Waals surface area contributed by atoms with Crippen molar-refractivity contribution in [1.82, 2.24) is 10.3 Å². The topological polar surface area (TPSA) is 80.2 Å². The first-order chi connectivity index (χ1) is 15.1. The third-order valence-electron chi connectivity index (χ3n) is 4.46. The molecule has 1 aliphatic rings. The van der Waals surface area contributed by atoms with E-state index in [2.05, 4.69) is 10.5 Å². The van der Waals surface area contributed by atoms with E-state index in [1.807, 2.05) is 24.3 Å². The van der Waals surface area contributed by atoms with Crippen molar-refractivity contribution in [3.8, 4) is 5.75 Å². The molecule has 0 unspecified atom stereocenters. The Balaban J connectivity index is 1.35. The summed E-state index contributed by atoms with van der Waals surface area (Å²) in [7, 11) is 0. The van der Waals surface area contributed by atoms with Gasteiger partial charge in [0.05, 0.1) is 25.2 Å². The normalized spacial score (nSPS) is 13.9. The summed E-state index contributed by atoms with van der Waals surface area (Å²) < 4.78 is 10.8. The maximum absolute atomic E-state index is 12.1. The van der Waals surface area contributed by atoms with Gasteiger partial charge in [0.15, 0.2) is 6.61 Å². The van der Waals surface area contributed by atoms with Gasteiger partial charge in [0.25, 0.3) is 5.91 Å². The number of nitrogens with one attached hydrogen (secondary N) is 1. The molecule has 0 aromatic heterocycles. The largest absolute Gasteiger partial charge is 0.484 e. The zero-order valence-electron chi connectivity index (χ0n) is 17.0. The molecule has 1 aliphatic heterocycles. The highest BCUT2D eigenvalue weighted by Gasteiger charge is 2.17. The zero-order chi connectivity index (χ0) is 21.9. The van der Waals surface area contributed by atoms with Gasteiger partial charge in [-0.1, -0.05) is 29.8 Å². The van der Waals surface area contributed by atoms with Gasteiger partial charge in [-0.3, -0.25) is 9.59 Å². The van der Waals surface area contributed by atoms with E-state index >= 15 is 0 Å². The Kier molecular flexibility index (Phi) is 9.20. The fraction of sp³-hybridized carbons (Fsp3) is 0.318. The van der Waals surface area contributed by atoms with Crippen LogP contribution in [0, 0.1) is 0 Å². The molecule has 1 saturated heterocycles. The van der Waals surface area contributed by atoms with Crippen LogP contribution in [0.15, 0.2) is 53.6 Å². The molecular formula is C22H24ClN3O4S. The van der Waals surface area contributed by atoms with Gasteiger partial charge in [-0.05, 0) is 41.5 Å². The number of benzene rings is 2. The van der Waals surface area contributed by atoms with Crippen LogP contribution in [-0.4, -0.2) is 61.6 Å². The minimum Gasteiger partial charge on any atom is -0.484 e. The van der Waals surface area contributed by atoms with Gasteiger partial charge in [0, 0.05) is 23.9 Å². The van der Waals surface area contributed by atoms with Gasteiger partial charge in [-0.15, -0.1) is 11.8 Å². The Labute approximate surface area is 190 Å². The summed E-state index contributed by atoms with van der Waals surface area (Å²) in [4.78, 5) is 25.7. The molecule has 9 heteroatoms. The molecule has 164 valence electrons. The van der Waals surface area contributed by atoms with E-state index in [1.165, 1.54) is 11.8 Å². The van der Waals surface area contributed by atoms with Gasteiger partial charge in [0.1, 0.15) is 5.75 Å². The van der Waals surface area contributed by atoms with Crippen molar-refractivity contribution in [3.63, 3.8) is 0 Å². The van der Waals surface area contributed by atoms with Crippen LogP contribution in [0.4, 0.5) is 0 Å². The summed E-state index contributed by atoms with van der Waals surface area (Å²) in [5.41, 5.74) is 4.31.